The van der Waals surface area contributed by atoms with E-state index in [1.54, 1.807) is 0 Å². The Bertz CT molecular complexity index is 477. The first-order valence-electron chi connectivity index (χ1n) is 9.13. The summed E-state index contributed by atoms with van der Waals surface area (Å²) in [4.78, 5) is 9.67. The van der Waals surface area contributed by atoms with Crippen LogP contribution in [0.4, 0.5) is 0 Å². The Kier molecular flexibility index (Phi) is 5.67. The lowest BCUT2D eigenvalue weighted by Gasteiger charge is -2.49. The van der Waals surface area contributed by atoms with E-state index in [-0.39, 0.29) is 0 Å². The zero-order chi connectivity index (χ0) is 16.1. The van der Waals surface area contributed by atoms with E-state index >= 15 is 0 Å². The van der Waals surface area contributed by atoms with Crippen molar-refractivity contribution in [2.24, 2.45) is 0 Å². The fourth-order valence-electron chi connectivity index (χ4n) is 4.20. The van der Waals surface area contributed by atoms with Gasteiger partial charge in [0.1, 0.15) is 11.6 Å². The van der Waals surface area contributed by atoms with Crippen LogP contribution in [0.1, 0.15) is 50.7 Å². The maximum Gasteiger partial charge on any atom is 0.150 e. The van der Waals surface area contributed by atoms with Crippen LogP contribution in [0.5, 0.6) is 0 Å². The molecule has 0 unspecified atom stereocenters. The smallest absolute Gasteiger partial charge is 0.150 e. The third kappa shape index (κ3) is 4.11. The number of aromatic nitrogens is 3. The average Bonchev–Trinajstić information content (AvgIpc) is 3.04. The Morgan fingerprint density at radius 2 is 1.96 bits per heavy atom. The van der Waals surface area contributed by atoms with Crippen molar-refractivity contribution in [1.29, 1.82) is 0 Å². The number of ether oxygens (including phenoxy) is 1. The second-order valence-corrected chi connectivity index (χ2v) is 7.11. The van der Waals surface area contributed by atoms with Crippen LogP contribution in [-0.2, 0) is 17.7 Å². The van der Waals surface area contributed by atoms with Crippen molar-refractivity contribution in [2.75, 3.05) is 39.9 Å². The van der Waals surface area contributed by atoms with Gasteiger partial charge in [-0.25, -0.2) is 4.98 Å². The van der Waals surface area contributed by atoms with Crippen molar-refractivity contribution in [3.05, 3.63) is 11.6 Å². The molecule has 6 heteroatoms. The number of aromatic amines is 1. The minimum atomic E-state index is 0.324. The van der Waals surface area contributed by atoms with E-state index in [2.05, 4.69) is 39.0 Å². The van der Waals surface area contributed by atoms with Crippen LogP contribution in [0.15, 0.2) is 0 Å². The van der Waals surface area contributed by atoms with Crippen molar-refractivity contribution >= 4 is 0 Å². The van der Waals surface area contributed by atoms with Crippen LogP contribution in [0.3, 0.4) is 0 Å². The monoisotopic (exact) mass is 321 g/mol. The first-order chi connectivity index (χ1) is 11.2. The maximum atomic E-state index is 5.57. The van der Waals surface area contributed by atoms with Crippen molar-refractivity contribution in [2.45, 2.75) is 57.5 Å². The molecule has 23 heavy (non-hydrogen) atoms. The van der Waals surface area contributed by atoms with E-state index in [9.17, 15) is 0 Å². The van der Waals surface area contributed by atoms with E-state index in [4.69, 9.17) is 4.74 Å². The SMILES string of the molecule is CCc1n[nH]c(CN(C)CC2(N3CCOCC3)CCCCC2)n1. The second kappa shape index (κ2) is 7.73. The van der Waals surface area contributed by atoms with Gasteiger partial charge >= 0.3 is 0 Å². The topological polar surface area (TPSA) is 57.3 Å². The Morgan fingerprint density at radius 3 is 2.61 bits per heavy atom. The Labute approximate surface area is 139 Å². The number of morpholine rings is 1. The zero-order valence-electron chi connectivity index (χ0n) is 14.7. The molecule has 6 nitrogen and oxygen atoms in total. The molecule has 1 aliphatic carbocycles. The van der Waals surface area contributed by atoms with Gasteiger partial charge in [0, 0.05) is 31.6 Å². The minimum Gasteiger partial charge on any atom is -0.379 e. The predicted molar refractivity (Wildman–Crippen MR) is 90.3 cm³/mol. The lowest BCUT2D eigenvalue weighted by molar-refractivity contribution is -0.0493. The minimum absolute atomic E-state index is 0.324. The average molecular weight is 321 g/mol. The number of nitrogens with one attached hydrogen (secondary N) is 1. The van der Waals surface area contributed by atoms with Crippen LogP contribution in [0.25, 0.3) is 0 Å². The van der Waals surface area contributed by atoms with E-state index < -0.39 is 0 Å². The molecule has 2 aliphatic rings. The molecule has 0 atom stereocenters. The standard InChI is InChI=1S/C17H31N5O/c1-3-15-18-16(20-19-15)13-21(2)14-17(7-5-4-6-8-17)22-9-11-23-12-10-22/h3-14H2,1-2H3,(H,18,19,20). The lowest BCUT2D eigenvalue weighted by atomic mass is 9.79. The predicted octanol–water partition coefficient (Wildman–Crippen LogP) is 1.83. The number of hydrogen-bond donors (Lipinski definition) is 1. The van der Waals surface area contributed by atoms with E-state index in [1.165, 1.54) is 32.1 Å². The molecule has 2 heterocycles. The van der Waals surface area contributed by atoms with Gasteiger partial charge in [-0.1, -0.05) is 26.2 Å². The summed E-state index contributed by atoms with van der Waals surface area (Å²) in [6, 6.07) is 0. The van der Waals surface area contributed by atoms with Gasteiger partial charge in [0.25, 0.3) is 0 Å². The van der Waals surface area contributed by atoms with Crippen LogP contribution in [0.2, 0.25) is 0 Å². The van der Waals surface area contributed by atoms with Gasteiger partial charge in [-0.2, -0.15) is 5.10 Å². The van der Waals surface area contributed by atoms with Gasteiger partial charge < -0.3 is 4.74 Å². The van der Waals surface area contributed by atoms with Gasteiger partial charge in [0.05, 0.1) is 19.8 Å². The number of aryl methyl sites for hydroxylation is 1. The molecular weight excluding hydrogens is 290 g/mol. The normalized spacial score (nSPS) is 22.6. The summed E-state index contributed by atoms with van der Waals surface area (Å²) in [6.45, 7) is 7.97. The second-order valence-electron chi connectivity index (χ2n) is 7.11. The van der Waals surface area contributed by atoms with Crippen LogP contribution >= 0.6 is 0 Å². The summed E-state index contributed by atoms with van der Waals surface area (Å²) in [5.74, 6) is 1.89. The molecule has 3 rings (SSSR count). The Balaban J connectivity index is 1.64. The van der Waals surface area contributed by atoms with E-state index in [1.807, 2.05) is 0 Å². The summed E-state index contributed by atoms with van der Waals surface area (Å²) < 4.78 is 5.57. The van der Waals surface area contributed by atoms with Crippen LogP contribution in [0, 0.1) is 0 Å². The summed E-state index contributed by atoms with van der Waals surface area (Å²) in [5, 5.41) is 7.33. The molecule has 0 spiro atoms. The maximum absolute atomic E-state index is 5.57. The highest BCUT2D eigenvalue weighted by Crippen LogP contribution is 2.35. The van der Waals surface area contributed by atoms with E-state index in [0.717, 1.165) is 57.5 Å². The highest BCUT2D eigenvalue weighted by atomic mass is 16.5. The first-order valence-corrected chi connectivity index (χ1v) is 9.13. The molecule has 1 aromatic rings. The molecule has 0 aromatic carbocycles. The summed E-state index contributed by atoms with van der Waals surface area (Å²) in [5.41, 5.74) is 0.324. The molecule has 1 N–H and O–H groups in total. The largest absolute Gasteiger partial charge is 0.379 e. The van der Waals surface area contributed by atoms with E-state index in [0.29, 0.717) is 5.54 Å². The summed E-state index contributed by atoms with van der Waals surface area (Å²) in [6.07, 6.45) is 7.61. The van der Waals surface area contributed by atoms with Gasteiger partial charge in [-0.05, 0) is 19.9 Å². The molecule has 2 fully saturated rings. The fourth-order valence-corrected chi connectivity index (χ4v) is 4.20. The number of hydrogen-bond acceptors (Lipinski definition) is 5. The van der Waals surface area contributed by atoms with Crippen LogP contribution in [-0.4, -0.2) is 70.4 Å². The molecule has 0 radical (unpaired) electrons. The highest BCUT2D eigenvalue weighted by Gasteiger charge is 2.39. The molecule has 1 aromatic heterocycles. The van der Waals surface area contributed by atoms with Gasteiger partial charge in [-0.3, -0.25) is 14.9 Å². The van der Waals surface area contributed by atoms with Gasteiger partial charge in [0.2, 0.25) is 0 Å². The number of H-pyrrole nitrogens is 1. The molecule has 1 aliphatic heterocycles. The van der Waals surface area contributed by atoms with Crippen molar-refractivity contribution < 1.29 is 4.74 Å². The zero-order valence-corrected chi connectivity index (χ0v) is 14.7. The number of rotatable bonds is 6. The lowest BCUT2D eigenvalue weighted by Crippen LogP contribution is -2.59. The third-order valence-electron chi connectivity index (χ3n) is 5.34. The first kappa shape index (κ1) is 16.9. The summed E-state index contributed by atoms with van der Waals surface area (Å²) >= 11 is 0. The van der Waals surface area contributed by atoms with Crippen LogP contribution < -0.4 is 0 Å². The van der Waals surface area contributed by atoms with Crippen molar-refractivity contribution in [3.63, 3.8) is 0 Å². The molecule has 1 saturated heterocycles. The quantitative estimate of drug-likeness (QED) is 0.866. The third-order valence-corrected chi connectivity index (χ3v) is 5.34. The van der Waals surface area contributed by atoms with Crippen molar-refractivity contribution in [3.8, 4) is 0 Å². The van der Waals surface area contributed by atoms with Gasteiger partial charge in [0.15, 0.2) is 0 Å². The Morgan fingerprint density at radius 1 is 1.22 bits per heavy atom. The molecule has 0 bridgehead atoms. The molecule has 0 amide bonds. The summed E-state index contributed by atoms with van der Waals surface area (Å²) in [7, 11) is 2.21. The van der Waals surface area contributed by atoms with Gasteiger partial charge in [-0.15, -0.1) is 0 Å². The molecule has 1 saturated carbocycles. The number of nitrogens with zero attached hydrogens (tertiary/aromatic N) is 4. The molecular formula is C17H31N5O. The van der Waals surface area contributed by atoms with Crippen molar-refractivity contribution in [1.82, 2.24) is 25.0 Å². The Hall–Kier alpha value is -0.980. The highest BCUT2D eigenvalue weighted by molar-refractivity contribution is 4.97. The fraction of sp³-hybridized carbons (Fsp3) is 0.882. The number of likely N-dealkylation sites (N-methyl/N-ethyl adjacent to an activating group) is 1. The molecule has 130 valence electrons.